The summed E-state index contributed by atoms with van der Waals surface area (Å²) in [6, 6.07) is 14.6. The summed E-state index contributed by atoms with van der Waals surface area (Å²) < 4.78 is 7.85. The second-order valence-electron chi connectivity index (χ2n) is 7.90. The Labute approximate surface area is 175 Å². The van der Waals surface area contributed by atoms with Gasteiger partial charge in [0, 0.05) is 17.5 Å². The number of hydrogen-bond donors (Lipinski definition) is 2. The number of benzene rings is 2. The van der Waals surface area contributed by atoms with Crippen molar-refractivity contribution in [2.45, 2.75) is 25.9 Å². The first-order valence-electron chi connectivity index (χ1n) is 10.3. The maximum Gasteiger partial charge on any atom is 0.222 e. The number of ether oxygens (including phenoxy) is 1. The number of likely N-dealkylation sites (tertiary alicyclic amines) is 1. The fourth-order valence-electron chi connectivity index (χ4n) is 4.56. The van der Waals surface area contributed by atoms with Crippen molar-refractivity contribution in [3.8, 4) is 5.75 Å². The molecule has 0 bridgehead atoms. The maximum atomic E-state index is 6.29. The second-order valence-corrected chi connectivity index (χ2v) is 7.90. The van der Waals surface area contributed by atoms with Crippen LogP contribution in [0.5, 0.6) is 5.75 Å². The van der Waals surface area contributed by atoms with E-state index in [0.717, 1.165) is 39.8 Å². The molecule has 154 valence electrons. The molecule has 4 aromatic rings. The van der Waals surface area contributed by atoms with E-state index in [2.05, 4.69) is 43.7 Å². The fourth-order valence-corrected chi connectivity index (χ4v) is 4.56. The summed E-state index contributed by atoms with van der Waals surface area (Å²) in [6.45, 7) is 3.91. The zero-order valence-electron chi connectivity index (χ0n) is 17.1. The van der Waals surface area contributed by atoms with E-state index in [1.54, 1.807) is 7.11 Å². The molecule has 0 unspecified atom stereocenters. The molecule has 7 heteroatoms. The number of anilines is 2. The number of aromatic nitrogens is 3. The van der Waals surface area contributed by atoms with Gasteiger partial charge in [-0.15, -0.1) is 0 Å². The lowest BCUT2D eigenvalue weighted by atomic mass is 10.1. The molecule has 1 fully saturated rings. The van der Waals surface area contributed by atoms with Gasteiger partial charge in [0.1, 0.15) is 16.8 Å². The largest absolute Gasteiger partial charge is 0.496 e. The third-order valence-electron chi connectivity index (χ3n) is 5.93. The van der Waals surface area contributed by atoms with Crippen LogP contribution >= 0.6 is 0 Å². The highest BCUT2D eigenvalue weighted by Gasteiger charge is 2.18. The quantitative estimate of drug-likeness (QED) is 0.531. The number of fused-ring (bicyclic) bond motifs is 3. The minimum Gasteiger partial charge on any atom is -0.496 e. The van der Waals surface area contributed by atoms with Gasteiger partial charge in [0.25, 0.3) is 0 Å². The lowest BCUT2D eigenvalue weighted by Crippen LogP contribution is -2.18. The van der Waals surface area contributed by atoms with E-state index in [9.17, 15) is 0 Å². The van der Waals surface area contributed by atoms with Crippen molar-refractivity contribution in [3.05, 3.63) is 53.6 Å². The Morgan fingerprint density at radius 1 is 1.00 bits per heavy atom. The van der Waals surface area contributed by atoms with Crippen molar-refractivity contribution in [3.63, 3.8) is 0 Å². The zero-order chi connectivity index (χ0) is 20.7. The Morgan fingerprint density at radius 3 is 2.60 bits per heavy atom. The van der Waals surface area contributed by atoms with Crippen LogP contribution in [-0.2, 0) is 13.1 Å². The molecule has 7 nitrogen and oxygen atoms in total. The maximum absolute atomic E-state index is 6.29. The monoisotopic (exact) mass is 402 g/mol. The van der Waals surface area contributed by atoms with Gasteiger partial charge in [-0.05, 0) is 49.7 Å². The van der Waals surface area contributed by atoms with Crippen molar-refractivity contribution >= 4 is 33.7 Å². The lowest BCUT2D eigenvalue weighted by molar-refractivity contribution is 0.331. The molecule has 0 aliphatic carbocycles. The summed E-state index contributed by atoms with van der Waals surface area (Å²) in [6.07, 6.45) is 2.57. The van der Waals surface area contributed by atoms with E-state index in [0.29, 0.717) is 12.4 Å². The Balaban J connectivity index is 1.62. The lowest BCUT2D eigenvalue weighted by Gasteiger charge is -2.17. The third-order valence-corrected chi connectivity index (χ3v) is 5.93. The highest BCUT2D eigenvalue weighted by molar-refractivity contribution is 6.09. The summed E-state index contributed by atoms with van der Waals surface area (Å²) in [5, 5.41) is 1.01. The van der Waals surface area contributed by atoms with Crippen LogP contribution < -0.4 is 16.2 Å². The molecule has 0 spiro atoms. The predicted molar refractivity (Wildman–Crippen MR) is 120 cm³/mol. The number of rotatable bonds is 5. The average Bonchev–Trinajstić information content (AvgIpc) is 3.35. The van der Waals surface area contributed by atoms with Crippen LogP contribution in [0.1, 0.15) is 24.0 Å². The van der Waals surface area contributed by atoms with Crippen LogP contribution in [0.15, 0.2) is 42.5 Å². The third kappa shape index (κ3) is 3.21. The fraction of sp³-hybridized carbons (Fsp3) is 0.304. The van der Waals surface area contributed by atoms with E-state index in [1.807, 2.05) is 18.2 Å². The van der Waals surface area contributed by atoms with Gasteiger partial charge in [0.2, 0.25) is 5.95 Å². The number of hydrogen-bond acceptors (Lipinski definition) is 6. The molecule has 1 aliphatic rings. The van der Waals surface area contributed by atoms with Gasteiger partial charge in [-0.2, -0.15) is 4.98 Å². The van der Waals surface area contributed by atoms with E-state index < -0.39 is 0 Å². The number of nitrogen functional groups attached to an aromatic ring is 2. The molecule has 1 aliphatic heterocycles. The molecular weight excluding hydrogens is 376 g/mol. The van der Waals surface area contributed by atoms with Crippen LogP contribution in [-0.4, -0.2) is 39.6 Å². The first-order chi connectivity index (χ1) is 14.6. The van der Waals surface area contributed by atoms with E-state index >= 15 is 0 Å². The Bertz CT molecular complexity index is 1230. The van der Waals surface area contributed by atoms with Crippen LogP contribution in [0.2, 0.25) is 0 Å². The number of para-hydroxylation sites is 1. The summed E-state index contributed by atoms with van der Waals surface area (Å²) in [5.74, 6) is 1.44. The zero-order valence-corrected chi connectivity index (χ0v) is 17.1. The summed E-state index contributed by atoms with van der Waals surface area (Å²) in [7, 11) is 1.71. The molecule has 5 rings (SSSR count). The molecular formula is C23H26N6O. The average molecular weight is 403 g/mol. The molecule has 30 heavy (non-hydrogen) atoms. The van der Waals surface area contributed by atoms with Crippen molar-refractivity contribution in [2.75, 3.05) is 31.7 Å². The van der Waals surface area contributed by atoms with Gasteiger partial charge >= 0.3 is 0 Å². The van der Waals surface area contributed by atoms with Crippen molar-refractivity contribution in [1.29, 1.82) is 0 Å². The molecule has 0 amide bonds. The second kappa shape index (κ2) is 7.50. The van der Waals surface area contributed by atoms with Gasteiger partial charge in [-0.1, -0.05) is 24.3 Å². The first-order valence-corrected chi connectivity index (χ1v) is 10.3. The first kappa shape index (κ1) is 18.7. The molecule has 4 N–H and O–H groups in total. The molecule has 0 saturated carbocycles. The number of nitrogens with zero attached hydrogens (tertiary/aromatic N) is 4. The van der Waals surface area contributed by atoms with E-state index in [-0.39, 0.29) is 5.95 Å². The highest BCUT2D eigenvalue weighted by Crippen LogP contribution is 2.33. The summed E-state index contributed by atoms with van der Waals surface area (Å²) >= 11 is 0. The van der Waals surface area contributed by atoms with E-state index in [4.69, 9.17) is 16.2 Å². The Kier molecular flexibility index (Phi) is 4.67. The minimum atomic E-state index is 0.188. The normalized spacial score (nSPS) is 14.7. The minimum absolute atomic E-state index is 0.188. The van der Waals surface area contributed by atoms with Gasteiger partial charge in [-0.3, -0.25) is 4.90 Å². The molecule has 3 heterocycles. The molecule has 1 saturated heterocycles. The highest BCUT2D eigenvalue weighted by atomic mass is 16.5. The summed E-state index contributed by atoms with van der Waals surface area (Å²) in [5.41, 5.74) is 17.2. The van der Waals surface area contributed by atoms with Gasteiger partial charge in [0.05, 0.1) is 19.2 Å². The van der Waals surface area contributed by atoms with Gasteiger partial charge in [0.15, 0.2) is 5.82 Å². The van der Waals surface area contributed by atoms with Crippen molar-refractivity contribution in [1.82, 2.24) is 19.4 Å². The topological polar surface area (TPSA) is 95.2 Å². The van der Waals surface area contributed by atoms with Crippen LogP contribution in [0.4, 0.5) is 11.8 Å². The van der Waals surface area contributed by atoms with Crippen LogP contribution in [0.3, 0.4) is 0 Å². The Hall–Kier alpha value is -3.32. The molecule has 0 radical (unpaired) electrons. The molecule has 0 atom stereocenters. The van der Waals surface area contributed by atoms with Crippen molar-refractivity contribution < 1.29 is 4.74 Å². The van der Waals surface area contributed by atoms with E-state index in [1.165, 1.54) is 31.5 Å². The number of methoxy groups -OCH3 is 1. The molecule has 2 aromatic heterocycles. The predicted octanol–water partition coefficient (Wildman–Crippen LogP) is 3.40. The van der Waals surface area contributed by atoms with Gasteiger partial charge < -0.3 is 20.8 Å². The standard InChI is InChI=1S/C23H26N6O/c1-30-19-9-8-15(13-28-10-4-5-11-28)12-16(19)14-29-18-7-3-2-6-17(18)20-21(29)22(24)27-23(25)26-20/h2-3,6-9,12H,4-5,10-11,13-14H2,1H3,(H4,24,25,26,27). The Morgan fingerprint density at radius 2 is 1.80 bits per heavy atom. The van der Waals surface area contributed by atoms with Crippen LogP contribution in [0.25, 0.3) is 21.9 Å². The SMILES string of the molecule is COc1ccc(CN2CCCC2)cc1Cn1c2ccccc2c2nc(N)nc(N)c21. The van der Waals surface area contributed by atoms with Gasteiger partial charge in [-0.25, -0.2) is 4.98 Å². The smallest absolute Gasteiger partial charge is 0.222 e. The molecule has 2 aromatic carbocycles. The van der Waals surface area contributed by atoms with Crippen molar-refractivity contribution in [2.24, 2.45) is 0 Å². The van der Waals surface area contributed by atoms with Crippen LogP contribution in [0, 0.1) is 0 Å². The number of nitrogens with two attached hydrogens (primary N) is 2. The summed E-state index contributed by atoms with van der Waals surface area (Å²) in [4.78, 5) is 11.2.